The van der Waals surface area contributed by atoms with E-state index in [0.717, 1.165) is 4.47 Å². The number of benzene rings is 1. The van der Waals surface area contributed by atoms with E-state index in [1.54, 1.807) is 18.2 Å². The van der Waals surface area contributed by atoms with Crippen molar-refractivity contribution in [1.82, 2.24) is 4.90 Å². The zero-order valence-electron chi connectivity index (χ0n) is 11.0. The Hall–Kier alpha value is -1.60. The monoisotopic (exact) mass is 345 g/mol. The Morgan fingerprint density at radius 3 is 2.65 bits per heavy atom. The fourth-order valence-corrected chi connectivity index (χ4v) is 1.85. The summed E-state index contributed by atoms with van der Waals surface area (Å²) in [5, 5.41) is 8.78. The number of nitrogens with zero attached hydrogens (tertiary/aromatic N) is 1. The van der Waals surface area contributed by atoms with Crippen LogP contribution in [0.25, 0.3) is 0 Å². The summed E-state index contributed by atoms with van der Waals surface area (Å²) in [7, 11) is 1.49. The molecule has 0 unspecified atom stereocenters. The van der Waals surface area contributed by atoms with Crippen LogP contribution in [0.4, 0.5) is 0 Å². The molecule has 0 heterocycles. The second-order valence-electron chi connectivity index (χ2n) is 3.92. The van der Waals surface area contributed by atoms with E-state index in [2.05, 4.69) is 15.9 Å². The molecule has 6 nitrogen and oxygen atoms in total. The number of methoxy groups -OCH3 is 1. The summed E-state index contributed by atoms with van der Waals surface area (Å²) in [5.41, 5.74) is 0. The first kappa shape index (κ1) is 16.5. The van der Waals surface area contributed by atoms with Gasteiger partial charge in [0.1, 0.15) is 12.3 Å². The molecule has 0 spiro atoms. The number of carbonyl (C=O) groups is 2. The van der Waals surface area contributed by atoms with Gasteiger partial charge in [-0.2, -0.15) is 0 Å². The Kier molecular flexibility index (Phi) is 7.03. The van der Waals surface area contributed by atoms with Gasteiger partial charge >= 0.3 is 5.97 Å². The van der Waals surface area contributed by atoms with Gasteiger partial charge in [-0.25, -0.2) is 0 Å². The number of hydrogen-bond donors (Lipinski definition) is 1. The highest BCUT2D eigenvalue weighted by molar-refractivity contribution is 9.10. The molecule has 0 aliphatic rings. The van der Waals surface area contributed by atoms with Gasteiger partial charge in [0, 0.05) is 13.7 Å². The van der Waals surface area contributed by atoms with Crippen LogP contribution in [0.3, 0.4) is 0 Å². The van der Waals surface area contributed by atoms with Crippen LogP contribution >= 0.6 is 15.9 Å². The second-order valence-corrected chi connectivity index (χ2v) is 4.78. The first-order chi connectivity index (χ1) is 9.54. The summed E-state index contributed by atoms with van der Waals surface area (Å²) in [6.07, 6.45) is 0. The third-order valence-electron chi connectivity index (χ3n) is 2.43. The summed E-state index contributed by atoms with van der Waals surface area (Å²) >= 11 is 3.30. The maximum Gasteiger partial charge on any atom is 0.323 e. The summed E-state index contributed by atoms with van der Waals surface area (Å²) < 4.78 is 11.0. The van der Waals surface area contributed by atoms with Crippen LogP contribution in [0.5, 0.6) is 5.75 Å². The molecule has 7 heteroatoms. The lowest BCUT2D eigenvalue weighted by Gasteiger charge is -2.20. The van der Waals surface area contributed by atoms with E-state index in [4.69, 9.17) is 14.6 Å². The lowest BCUT2D eigenvalue weighted by Crippen LogP contribution is -2.40. The van der Waals surface area contributed by atoms with Gasteiger partial charge in [0.25, 0.3) is 5.91 Å². The number of hydrogen-bond acceptors (Lipinski definition) is 4. The summed E-state index contributed by atoms with van der Waals surface area (Å²) in [5.74, 6) is -0.946. The van der Waals surface area contributed by atoms with Crippen molar-refractivity contribution in [2.45, 2.75) is 0 Å². The number of carboxylic acid groups (broad SMARTS) is 1. The molecule has 0 radical (unpaired) electrons. The second kappa shape index (κ2) is 8.55. The fraction of sp³-hybridized carbons (Fsp3) is 0.385. The minimum Gasteiger partial charge on any atom is -0.483 e. The predicted molar refractivity (Wildman–Crippen MR) is 75.7 cm³/mol. The molecule has 0 bridgehead atoms. The standard InChI is InChI=1S/C13H16BrNO5/c1-19-7-6-15(8-13(17)18)12(16)9-20-11-5-3-2-4-10(11)14/h2-5H,6-9H2,1H3,(H,17,18). The smallest absolute Gasteiger partial charge is 0.323 e. The van der Waals surface area contributed by atoms with Crippen LogP contribution in [0.15, 0.2) is 28.7 Å². The molecule has 1 aromatic carbocycles. The topological polar surface area (TPSA) is 76.1 Å². The van der Waals surface area contributed by atoms with Gasteiger partial charge in [0.2, 0.25) is 0 Å². The van der Waals surface area contributed by atoms with E-state index in [0.29, 0.717) is 5.75 Å². The van der Waals surface area contributed by atoms with Crippen molar-refractivity contribution in [2.75, 3.05) is 33.4 Å². The number of amides is 1. The van der Waals surface area contributed by atoms with Crippen molar-refractivity contribution >= 4 is 27.8 Å². The lowest BCUT2D eigenvalue weighted by molar-refractivity contribution is -0.145. The van der Waals surface area contributed by atoms with Crippen molar-refractivity contribution in [3.8, 4) is 5.75 Å². The minimum atomic E-state index is -1.07. The largest absolute Gasteiger partial charge is 0.483 e. The van der Waals surface area contributed by atoms with Crippen molar-refractivity contribution in [1.29, 1.82) is 0 Å². The summed E-state index contributed by atoms with van der Waals surface area (Å²) in [6, 6.07) is 7.12. The first-order valence-electron chi connectivity index (χ1n) is 5.90. The number of para-hydroxylation sites is 1. The molecule has 0 saturated carbocycles. The molecule has 1 aromatic rings. The molecular weight excluding hydrogens is 330 g/mol. The zero-order valence-corrected chi connectivity index (χ0v) is 12.6. The Morgan fingerprint density at radius 1 is 1.35 bits per heavy atom. The number of carboxylic acids is 1. The molecule has 1 rings (SSSR count). The first-order valence-corrected chi connectivity index (χ1v) is 6.69. The Labute approximate surface area is 125 Å². The molecule has 1 amide bonds. The SMILES string of the molecule is COCCN(CC(=O)O)C(=O)COc1ccccc1Br. The molecule has 110 valence electrons. The normalized spacial score (nSPS) is 10.1. The number of aliphatic carboxylic acids is 1. The van der Waals surface area contributed by atoms with Crippen LogP contribution < -0.4 is 4.74 Å². The Bertz CT molecular complexity index is 466. The molecule has 0 aromatic heterocycles. The highest BCUT2D eigenvalue weighted by atomic mass is 79.9. The molecule has 0 atom stereocenters. The molecule has 0 saturated heterocycles. The van der Waals surface area contributed by atoms with E-state index in [1.807, 2.05) is 6.07 Å². The molecular formula is C13H16BrNO5. The van der Waals surface area contributed by atoms with Crippen molar-refractivity contribution < 1.29 is 24.2 Å². The zero-order chi connectivity index (χ0) is 15.0. The highest BCUT2D eigenvalue weighted by Gasteiger charge is 2.17. The number of carbonyl (C=O) groups excluding carboxylic acids is 1. The van der Waals surface area contributed by atoms with Crippen molar-refractivity contribution in [3.05, 3.63) is 28.7 Å². The fourth-order valence-electron chi connectivity index (χ4n) is 1.45. The molecule has 0 aliphatic heterocycles. The van der Waals surface area contributed by atoms with Crippen LogP contribution in [0.1, 0.15) is 0 Å². The van der Waals surface area contributed by atoms with Gasteiger partial charge in [0.05, 0.1) is 11.1 Å². The Morgan fingerprint density at radius 2 is 2.05 bits per heavy atom. The van der Waals surface area contributed by atoms with Crippen LogP contribution in [-0.2, 0) is 14.3 Å². The molecule has 0 fully saturated rings. The Balaban J connectivity index is 2.57. The van der Waals surface area contributed by atoms with Gasteiger partial charge < -0.3 is 19.5 Å². The van der Waals surface area contributed by atoms with Crippen molar-refractivity contribution in [3.63, 3.8) is 0 Å². The minimum absolute atomic E-state index is 0.209. The molecule has 0 aliphatic carbocycles. The van der Waals surface area contributed by atoms with E-state index in [-0.39, 0.29) is 26.3 Å². The lowest BCUT2D eigenvalue weighted by atomic mass is 10.3. The molecule has 1 N–H and O–H groups in total. The predicted octanol–water partition coefficient (Wildman–Crippen LogP) is 1.39. The van der Waals surface area contributed by atoms with Gasteiger partial charge in [-0.1, -0.05) is 12.1 Å². The van der Waals surface area contributed by atoms with E-state index in [1.165, 1.54) is 12.0 Å². The number of rotatable bonds is 8. The van der Waals surface area contributed by atoms with Gasteiger partial charge in [0.15, 0.2) is 6.61 Å². The van der Waals surface area contributed by atoms with E-state index < -0.39 is 11.9 Å². The quantitative estimate of drug-likeness (QED) is 0.770. The number of halogens is 1. The third-order valence-corrected chi connectivity index (χ3v) is 3.09. The van der Waals surface area contributed by atoms with Crippen LogP contribution in [-0.4, -0.2) is 55.3 Å². The number of ether oxygens (including phenoxy) is 2. The average Bonchev–Trinajstić information content (AvgIpc) is 2.41. The summed E-state index contributed by atoms with van der Waals surface area (Å²) in [4.78, 5) is 23.8. The maximum absolute atomic E-state index is 11.9. The van der Waals surface area contributed by atoms with E-state index in [9.17, 15) is 9.59 Å². The third kappa shape index (κ3) is 5.58. The molecule has 20 heavy (non-hydrogen) atoms. The van der Waals surface area contributed by atoms with Gasteiger partial charge in [-0.05, 0) is 28.1 Å². The average molecular weight is 346 g/mol. The maximum atomic E-state index is 11.9. The van der Waals surface area contributed by atoms with E-state index >= 15 is 0 Å². The highest BCUT2D eigenvalue weighted by Crippen LogP contribution is 2.23. The van der Waals surface area contributed by atoms with Gasteiger partial charge in [-0.3, -0.25) is 9.59 Å². The summed E-state index contributed by atoms with van der Waals surface area (Å²) in [6.45, 7) is -0.115. The van der Waals surface area contributed by atoms with Crippen LogP contribution in [0, 0.1) is 0 Å². The van der Waals surface area contributed by atoms with Gasteiger partial charge in [-0.15, -0.1) is 0 Å². The van der Waals surface area contributed by atoms with Crippen molar-refractivity contribution in [2.24, 2.45) is 0 Å². The van der Waals surface area contributed by atoms with Crippen LogP contribution in [0.2, 0.25) is 0 Å².